The number of hydrogen-bond acceptors (Lipinski definition) is 5. The number of anilines is 2. The van der Waals surface area contributed by atoms with Gasteiger partial charge in [0.1, 0.15) is 5.82 Å². The first-order valence-corrected chi connectivity index (χ1v) is 9.92. The maximum absolute atomic E-state index is 14.1. The molecule has 3 amide bonds. The molecule has 1 fully saturated rings. The highest BCUT2D eigenvalue weighted by atomic mass is 19.1. The standard InChI is InChI=1S/C20H27FN6O3/c1-15(13-27-7-5-22-14-27)23-20(29)24-16-2-3-17(21)18(12-16)25-19(28)4-6-26-8-10-30-11-9-26/h2-3,5,7,12,14-15H,4,6,8-11,13H2,1H3,(H,25,28)(H2,23,24,29). The fraction of sp³-hybridized carbons (Fsp3) is 0.450. The van der Waals surface area contributed by atoms with Crippen LogP contribution in [0.2, 0.25) is 0 Å². The van der Waals surface area contributed by atoms with Gasteiger partial charge in [-0.15, -0.1) is 0 Å². The Labute approximate surface area is 174 Å². The number of amides is 3. The number of carbonyl (C=O) groups is 2. The average molecular weight is 418 g/mol. The third kappa shape index (κ3) is 6.82. The smallest absolute Gasteiger partial charge is 0.319 e. The number of imidazole rings is 1. The number of carbonyl (C=O) groups excluding carboxylic acids is 2. The highest BCUT2D eigenvalue weighted by Crippen LogP contribution is 2.20. The largest absolute Gasteiger partial charge is 0.379 e. The van der Waals surface area contributed by atoms with Crippen LogP contribution in [0, 0.1) is 5.82 Å². The summed E-state index contributed by atoms with van der Waals surface area (Å²) in [5.41, 5.74) is 0.415. The van der Waals surface area contributed by atoms with Gasteiger partial charge in [0.2, 0.25) is 5.91 Å². The van der Waals surface area contributed by atoms with Crippen LogP contribution in [-0.2, 0) is 16.1 Å². The summed E-state index contributed by atoms with van der Waals surface area (Å²) < 4.78 is 21.2. The normalized spacial score (nSPS) is 15.4. The number of ether oxygens (including phenoxy) is 1. The number of nitrogens with zero attached hydrogens (tertiary/aromatic N) is 3. The highest BCUT2D eigenvalue weighted by molar-refractivity contribution is 5.93. The number of rotatable bonds is 8. The molecule has 30 heavy (non-hydrogen) atoms. The fourth-order valence-electron chi connectivity index (χ4n) is 3.14. The molecule has 3 N–H and O–H groups in total. The predicted octanol–water partition coefficient (Wildman–Crippen LogP) is 1.89. The van der Waals surface area contributed by atoms with Crippen LogP contribution in [0.3, 0.4) is 0 Å². The molecule has 1 saturated heterocycles. The predicted molar refractivity (Wildman–Crippen MR) is 111 cm³/mol. The third-order valence-electron chi connectivity index (χ3n) is 4.68. The molecule has 0 aliphatic carbocycles. The second-order valence-corrected chi connectivity index (χ2v) is 7.21. The molecule has 10 heteroatoms. The Balaban J connectivity index is 1.48. The number of aromatic nitrogens is 2. The number of hydrogen-bond donors (Lipinski definition) is 3. The number of benzene rings is 1. The molecule has 0 bridgehead atoms. The SMILES string of the molecule is CC(Cn1ccnc1)NC(=O)Nc1ccc(F)c(NC(=O)CCN2CCOCC2)c1. The van der Waals surface area contributed by atoms with Crippen molar-refractivity contribution in [3.05, 3.63) is 42.7 Å². The Morgan fingerprint density at radius 2 is 2.07 bits per heavy atom. The van der Waals surface area contributed by atoms with Crippen molar-refractivity contribution < 1.29 is 18.7 Å². The molecular formula is C20H27FN6O3. The zero-order valence-electron chi connectivity index (χ0n) is 16.9. The summed E-state index contributed by atoms with van der Waals surface area (Å²) in [4.78, 5) is 30.5. The molecule has 0 saturated carbocycles. The van der Waals surface area contributed by atoms with E-state index in [1.165, 1.54) is 18.2 Å². The monoisotopic (exact) mass is 418 g/mol. The highest BCUT2D eigenvalue weighted by Gasteiger charge is 2.14. The zero-order valence-corrected chi connectivity index (χ0v) is 16.9. The van der Waals surface area contributed by atoms with Gasteiger partial charge in [0.25, 0.3) is 0 Å². The topological polar surface area (TPSA) is 101 Å². The lowest BCUT2D eigenvalue weighted by atomic mass is 10.2. The van der Waals surface area contributed by atoms with Crippen LogP contribution >= 0.6 is 0 Å². The van der Waals surface area contributed by atoms with Gasteiger partial charge >= 0.3 is 6.03 Å². The van der Waals surface area contributed by atoms with E-state index in [-0.39, 0.29) is 24.1 Å². The molecule has 2 heterocycles. The minimum atomic E-state index is -0.561. The van der Waals surface area contributed by atoms with Crippen molar-refractivity contribution in [1.29, 1.82) is 0 Å². The van der Waals surface area contributed by atoms with Gasteiger partial charge in [-0.1, -0.05) is 0 Å². The molecule has 1 aromatic carbocycles. The zero-order chi connectivity index (χ0) is 21.3. The molecule has 1 unspecified atom stereocenters. The first kappa shape index (κ1) is 21.7. The molecule has 9 nitrogen and oxygen atoms in total. The van der Waals surface area contributed by atoms with E-state index in [1.807, 2.05) is 17.7 Å². The van der Waals surface area contributed by atoms with Gasteiger partial charge in [-0.3, -0.25) is 9.69 Å². The number of morpholine rings is 1. The van der Waals surface area contributed by atoms with Crippen molar-refractivity contribution in [3.8, 4) is 0 Å². The Morgan fingerprint density at radius 1 is 1.27 bits per heavy atom. The van der Waals surface area contributed by atoms with Crippen LogP contribution in [-0.4, -0.2) is 65.3 Å². The van der Waals surface area contributed by atoms with Gasteiger partial charge < -0.3 is 25.3 Å². The Hall–Kier alpha value is -2.98. The molecule has 3 rings (SSSR count). The van der Waals surface area contributed by atoms with E-state index < -0.39 is 11.8 Å². The number of halogens is 1. The number of urea groups is 1. The summed E-state index contributed by atoms with van der Waals surface area (Å²) in [6.45, 7) is 5.92. The van der Waals surface area contributed by atoms with Crippen LogP contribution in [0.4, 0.5) is 20.6 Å². The molecule has 2 aromatic rings. The minimum Gasteiger partial charge on any atom is -0.379 e. The Bertz CT molecular complexity index is 839. The van der Waals surface area contributed by atoms with E-state index in [0.29, 0.717) is 32.0 Å². The molecule has 0 spiro atoms. The van der Waals surface area contributed by atoms with Gasteiger partial charge in [-0.2, -0.15) is 0 Å². The van der Waals surface area contributed by atoms with Gasteiger partial charge in [0, 0.05) is 56.7 Å². The van der Waals surface area contributed by atoms with Crippen LogP contribution < -0.4 is 16.0 Å². The van der Waals surface area contributed by atoms with Gasteiger partial charge in [0.05, 0.1) is 25.2 Å². The summed E-state index contributed by atoms with van der Waals surface area (Å²) >= 11 is 0. The quantitative estimate of drug-likeness (QED) is 0.608. The fourth-order valence-corrected chi connectivity index (χ4v) is 3.14. The lowest BCUT2D eigenvalue weighted by Gasteiger charge is -2.26. The van der Waals surface area contributed by atoms with Gasteiger partial charge in [-0.05, 0) is 25.1 Å². The molecule has 1 aliphatic heterocycles. The third-order valence-corrected chi connectivity index (χ3v) is 4.68. The van der Waals surface area contributed by atoms with E-state index in [2.05, 4.69) is 25.8 Å². The van der Waals surface area contributed by atoms with Crippen molar-refractivity contribution in [2.24, 2.45) is 0 Å². The van der Waals surface area contributed by atoms with E-state index >= 15 is 0 Å². The molecule has 1 atom stereocenters. The van der Waals surface area contributed by atoms with Crippen LogP contribution in [0.25, 0.3) is 0 Å². The summed E-state index contributed by atoms with van der Waals surface area (Å²) in [7, 11) is 0. The van der Waals surface area contributed by atoms with E-state index in [4.69, 9.17) is 4.74 Å². The second kappa shape index (κ2) is 10.7. The molecular weight excluding hydrogens is 391 g/mol. The van der Waals surface area contributed by atoms with Crippen molar-refractivity contribution in [3.63, 3.8) is 0 Å². The van der Waals surface area contributed by atoms with Crippen LogP contribution in [0.1, 0.15) is 13.3 Å². The summed E-state index contributed by atoms with van der Waals surface area (Å²) in [6.07, 6.45) is 5.40. The lowest BCUT2D eigenvalue weighted by molar-refractivity contribution is -0.116. The molecule has 1 aliphatic rings. The Kier molecular flexibility index (Phi) is 7.75. The molecule has 162 valence electrons. The second-order valence-electron chi connectivity index (χ2n) is 7.21. The maximum atomic E-state index is 14.1. The summed E-state index contributed by atoms with van der Waals surface area (Å²) in [6, 6.07) is 3.50. The first-order chi connectivity index (χ1) is 14.5. The first-order valence-electron chi connectivity index (χ1n) is 9.92. The molecule has 1 aromatic heterocycles. The summed E-state index contributed by atoms with van der Waals surface area (Å²) in [5, 5.41) is 8.04. The summed E-state index contributed by atoms with van der Waals surface area (Å²) in [5.74, 6) is -0.842. The van der Waals surface area contributed by atoms with E-state index in [1.54, 1.807) is 12.5 Å². The van der Waals surface area contributed by atoms with Gasteiger partial charge in [-0.25, -0.2) is 14.2 Å². The van der Waals surface area contributed by atoms with Crippen LogP contribution in [0.5, 0.6) is 0 Å². The maximum Gasteiger partial charge on any atom is 0.319 e. The van der Waals surface area contributed by atoms with E-state index in [0.717, 1.165) is 13.1 Å². The van der Waals surface area contributed by atoms with Crippen LogP contribution in [0.15, 0.2) is 36.9 Å². The van der Waals surface area contributed by atoms with Crippen molar-refractivity contribution >= 4 is 23.3 Å². The van der Waals surface area contributed by atoms with E-state index in [9.17, 15) is 14.0 Å². The van der Waals surface area contributed by atoms with Crippen molar-refractivity contribution in [2.75, 3.05) is 43.5 Å². The van der Waals surface area contributed by atoms with Gasteiger partial charge in [0.15, 0.2) is 0 Å². The Morgan fingerprint density at radius 3 is 2.80 bits per heavy atom. The lowest BCUT2D eigenvalue weighted by Crippen LogP contribution is -2.38. The number of nitrogens with one attached hydrogen (secondary N) is 3. The average Bonchev–Trinajstić information content (AvgIpc) is 3.22. The minimum absolute atomic E-state index is 0.0336. The molecule has 0 radical (unpaired) electrons. The van der Waals surface area contributed by atoms with Crippen molar-refractivity contribution in [1.82, 2.24) is 19.8 Å². The van der Waals surface area contributed by atoms with Crippen molar-refractivity contribution in [2.45, 2.75) is 25.9 Å².